The maximum absolute atomic E-state index is 8.74. The molecule has 1 aromatic heterocycles. The molecule has 0 aromatic carbocycles. The van der Waals surface area contributed by atoms with Crippen LogP contribution in [0.5, 0.6) is 0 Å². The second-order valence-corrected chi connectivity index (χ2v) is 5.81. The number of hydrogen-bond donors (Lipinski definition) is 0. The van der Waals surface area contributed by atoms with Crippen LogP contribution in [0.15, 0.2) is 12.4 Å². The van der Waals surface area contributed by atoms with Crippen molar-refractivity contribution in [3.63, 3.8) is 0 Å². The monoisotopic (exact) mass is 248 g/mol. The molecule has 0 fully saturated rings. The lowest BCUT2D eigenvalue weighted by molar-refractivity contribution is 0.182. The molecule has 18 heavy (non-hydrogen) atoms. The van der Waals surface area contributed by atoms with Crippen molar-refractivity contribution >= 4 is 0 Å². The Hall–Kier alpha value is -1.34. The van der Waals surface area contributed by atoms with Crippen LogP contribution in [0, 0.1) is 16.7 Å². The molecule has 0 aliphatic heterocycles. The van der Waals surface area contributed by atoms with Gasteiger partial charge in [0.1, 0.15) is 5.82 Å². The molecule has 0 saturated carbocycles. The largest absolute Gasteiger partial charge is 0.334 e. The highest BCUT2D eigenvalue weighted by molar-refractivity contribution is 4.93. The third-order valence-electron chi connectivity index (χ3n) is 2.75. The first-order valence-corrected chi connectivity index (χ1v) is 6.55. The Bertz CT molecular complexity index is 395. The molecule has 0 radical (unpaired) electrons. The highest BCUT2D eigenvalue weighted by Crippen LogP contribution is 2.17. The van der Waals surface area contributed by atoms with Crippen LogP contribution in [0.1, 0.15) is 39.9 Å². The summed E-state index contributed by atoms with van der Waals surface area (Å²) < 4.78 is 2.15. The molecule has 0 saturated heterocycles. The second kappa shape index (κ2) is 6.55. The van der Waals surface area contributed by atoms with Gasteiger partial charge in [-0.2, -0.15) is 5.26 Å². The molecule has 0 unspecified atom stereocenters. The fourth-order valence-corrected chi connectivity index (χ4v) is 2.07. The normalized spacial score (nSPS) is 11.8. The maximum Gasteiger partial charge on any atom is 0.122 e. The molecular formula is C14H24N4. The molecule has 0 aliphatic rings. The van der Waals surface area contributed by atoms with E-state index in [1.165, 1.54) is 0 Å². The van der Waals surface area contributed by atoms with Crippen molar-refractivity contribution in [3.8, 4) is 6.07 Å². The lowest BCUT2D eigenvalue weighted by Gasteiger charge is -2.29. The van der Waals surface area contributed by atoms with E-state index in [1.807, 2.05) is 12.4 Å². The van der Waals surface area contributed by atoms with Gasteiger partial charge in [-0.3, -0.25) is 4.90 Å². The van der Waals surface area contributed by atoms with Gasteiger partial charge in [0, 0.05) is 38.4 Å². The summed E-state index contributed by atoms with van der Waals surface area (Å²) in [5.74, 6) is 1.08. The molecule has 0 atom stereocenters. The number of nitrogens with zero attached hydrogens (tertiary/aromatic N) is 4. The summed E-state index contributed by atoms with van der Waals surface area (Å²) >= 11 is 0. The highest BCUT2D eigenvalue weighted by atomic mass is 15.2. The molecule has 1 aromatic rings. The molecule has 0 N–H and O–H groups in total. The van der Waals surface area contributed by atoms with Crippen molar-refractivity contribution in [2.45, 2.75) is 47.2 Å². The second-order valence-electron chi connectivity index (χ2n) is 5.81. The van der Waals surface area contributed by atoms with Crippen LogP contribution in [0.4, 0.5) is 0 Å². The zero-order valence-electron chi connectivity index (χ0n) is 12.0. The first kappa shape index (κ1) is 14.7. The fraction of sp³-hybridized carbons (Fsp3) is 0.714. The van der Waals surface area contributed by atoms with Gasteiger partial charge in [0.05, 0.1) is 12.6 Å². The molecule has 4 nitrogen and oxygen atoms in total. The van der Waals surface area contributed by atoms with Crippen LogP contribution >= 0.6 is 0 Å². The number of aryl methyl sites for hydroxylation is 1. The van der Waals surface area contributed by atoms with Gasteiger partial charge in [0.25, 0.3) is 0 Å². The van der Waals surface area contributed by atoms with E-state index in [-0.39, 0.29) is 5.41 Å². The van der Waals surface area contributed by atoms with Crippen molar-refractivity contribution in [1.82, 2.24) is 14.5 Å². The Kier molecular flexibility index (Phi) is 5.36. The molecule has 0 amide bonds. The van der Waals surface area contributed by atoms with Gasteiger partial charge >= 0.3 is 0 Å². The molecule has 0 bridgehead atoms. The summed E-state index contributed by atoms with van der Waals surface area (Å²) in [7, 11) is 0. The fourth-order valence-electron chi connectivity index (χ4n) is 2.07. The predicted octanol–water partition coefficient (Wildman–Crippen LogP) is 2.66. The Morgan fingerprint density at radius 2 is 2.17 bits per heavy atom. The molecule has 4 heteroatoms. The minimum atomic E-state index is 0.235. The minimum Gasteiger partial charge on any atom is -0.334 e. The van der Waals surface area contributed by atoms with E-state index in [0.717, 1.165) is 32.0 Å². The number of nitriles is 1. The quantitative estimate of drug-likeness (QED) is 0.777. The SMILES string of the molecule is CCn1ccnc1CN(CCC#N)CC(C)(C)C. The molecule has 1 rings (SSSR count). The molecular weight excluding hydrogens is 224 g/mol. The van der Waals surface area contributed by atoms with E-state index < -0.39 is 0 Å². The average Bonchev–Trinajstić information content (AvgIpc) is 2.71. The van der Waals surface area contributed by atoms with E-state index >= 15 is 0 Å². The maximum atomic E-state index is 8.74. The van der Waals surface area contributed by atoms with Gasteiger partial charge in [-0.05, 0) is 12.3 Å². The standard InChI is InChI=1S/C14H24N4/c1-5-18-10-8-16-13(18)11-17(9-6-7-15)12-14(2,3)4/h8,10H,5-6,9,11-12H2,1-4H3. The van der Waals surface area contributed by atoms with Gasteiger partial charge in [-0.25, -0.2) is 4.98 Å². The van der Waals surface area contributed by atoms with E-state index in [2.05, 4.69) is 48.2 Å². The summed E-state index contributed by atoms with van der Waals surface area (Å²) in [6.45, 7) is 12.3. The number of aromatic nitrogens is 2. The topological polar surface area (TPSA) is 44.9 Å². The Labute approximate surface area is 110 Å². The summed E-state index contributed by atoms with van der Waals surface area (Å²) in [6.07, 6.45) is 4.43. The zero-order valence-corrected chi connectivity index (χ0v) is 12.0. The first-order chi connectivity index (χ1) is 8.46. The summed E-state index contributed by atoms with van der Waals surface area (Å²) in [5, 5.41) is 8.74. The lowest BCUT2D eigenvalue weighted by atomic mass is 9.96. The van der Waals surface area contributed by atoms with Crippen LogP contribution in [-0.4, -0.2) is 27.5 Å². The van der Waals surface area contributed by atoms with E-state index in [9.17, 15) is 0 Å². The van der Waals surface area contributed by atoms with Crippen LogP contribution in [0.25, 0.3) is 0 Å². The van der Waals surface area contributed by atoms with Gasteiger partial charge in [-0.1, -0.05) is 20.8 Å². The summed E-state index contributed by atoms with van der Waals surface area (Å²) in [4.78, 5) is 6.72. The van der Waals surface area contributed by atoms with E-state index in [0.29, 0.717) is 6.42 Å². The first-order valence-electron chi connectivity index (χ1n) is 6.55. The third-order valence-corrected chi connectivity index (χ3v) is 2.75. The number of imidazole rings is 1. The van der Waals surface area contributed by atoms with E-state index in [4.69, 9.17) is 5.26 Å². The molecule has 1 heterocycles. The summed E-state index contributed by atoms with van der Waals surface area (Å²) in [6, 6.07) is 2.22. The molecule has 0 spiro atoms. The minimum absolute atomic E-state index is 0.235. The van der Waals surface area contributed by atoms with Crippen LogP contribution < -0.4 is 0 Å². The van der Waals surface area contributed by atoms with Crippen molar-refractivity contribution in [2.24, 2.45) is 5.41 Å². The smallest absolute Gasteiger partial charge is 0.122 e. The van der Waals surface area contributed by atoms with Gasteiger partial charge in [-0.15, -0.1) is 0 Å². The molecule has 0 aliphatic carbocycles. The third kappa shape index (κ3) is 4.89. The predicted molar refractivity (Wildman–Crippen MR) is 72.9 cm³/mol. The van der Waals surface area contributed by atoms with E-state index in [1.54, 1.807) is 0 Å². The molecule has 100 valence electrons. The number of rotatable bonds is 6. The van der Waals surface area contributed by atoms with Crippen LogP contribution in [-0.2, 0) is 13.1 Å². The summed E-state index contributed by atoms with van der Waals surface area (Å²) in [5.41, 5.74) is 0.235. The van der Waals surface area contributed by atoms with Crippen molar-refractivity contribution in [2.75, 3.05) is 13.1 Å². The van der Waals surface area contributed by atoms with Gasteiger partial charge in [0.15, 0.2) is 0 Å². The van der Waals surface area contributed by atoms with Crippen molar-refractivity contribution < 1.29 is 0 Å². The average molecular weight is 248 g/mol. The van der Waals surface area contributed by atoms with Crippen molar-refractivity contribution in [1.29, 1.82) is 5.26 Å². The van der Waals surface area contributed by atoms with Crippen LogP contribution in [0.3, 0.4) is 0 Å². The van der Waals surface area contributed by atoms with Crippen molar-refractivity contribution in [3.05, 3.63) is 18.2 Å². The zero-order chi connectivity index (χ0) is 13.6. The van der Waals surface area contributed by atoms with Crippen LogP contribution in [0.2, 0.25) is 0 Å². The Morgan fingerprint density at radius 1 is 1.44 bits per heavy atom. The lowest BCUT2D eigenvalue weighted by Crippen LogP contribution is -2.34. The Morgan fingerprint density at radius 3 is 2.72 bits per heavy atom. The highest BCUT2D eigenvalue weighted by Gasteiger charge is 2.17. The Balaban J connectivity index is 2.69. The van der Waals surface area contributed by atoms with Gasteiger partial charge in [0.2, 0.25) is 0 Å². The number of hydrogen-bond acceptors (Lipinski definition) is 3. The van der Waals surface area contributed by atoms with Gasteiger partial charge < -0.3 is 4.57 Å².